The number of nitrogens with two attached hydrogens (primary N) is 1. The molecule has 2 N–H and O–H groups in total. The Labute approximate surface area is 86.6 Å². The van der Waals surface area contributed by atoms with Crippen molar-refractivity contribution >= 4 is 0 Å². The third-order valence-corrected chi connectivity index (χ3v) is 2.95. The van der Waals surface area contributed by atoms with Crippen molar-refractivity contribution < 1.29 is 4.39 Å². The molecule has 82 valence electrons. The van der Waals surface area contributed by atoms with E-state index in [0.717, 1.165) is 6.42 Å². The Morgan fingerprint density at radius 3 is 2.29 bits per heavy atom. The SMILES string of the molecule is C=CCC1(N)CC(C)(C)CC(C)(F)C1. The lowest BCUT2D eigenvalue weighted by atomic mass is 9.62. The molecule has 14 heavy (non-hydrogen) atoms. The molecule has 0 aromatic rings. The van der Waals surface area contributed by atoms with Crippen LogP contribution in [0.5, 0.6) is 0 Å². The molecule has 0 spiro atoms. The summed E-state index contributed by atoms with van der Waals surface area (Å²) >= 11 is 0. The molecule has 1 fully saturated rings. The van der Waals surface area contributed by atoms with Crippen molar-refractivity contribution in [1.82, 2.24) is 0 Å². The van der Waals surface area contributed by atoms with Crippen LogP contribution in [0.3, 0.4) is 0 Å². The molecule has 0 radical (unpaired) electrons. The zero-order valence-electron chi connectivity index (χ0n) is 9.57. The van der Waals surface area contributed by atoms with Gasteiger partial charge in [-0.3, -0.25) is 0 Å². The van der Waals surface area contributed by atoms with Crippen LogP contribution in [-0.2, 0) is 0 Å². The Kier molecular flexibility index (Phi) is 2.79. The molecule has 1 aliphatic rings. The molecular formula is C12H22FN. The summed E-state index contributed by atoms with van der Waals surface area (Å²) in [4.78, 5) is 0. The van der Waals surface area contributed by atoms with Gasteiger partial charge in [-0.15, -0.1) is 6.58 Å². The van der Waals surface area contributed by atoms with Gasteiger partial charge in [0.1, 0.15) is 5.67 Å². The van der Waals surface area contributed by atoms with Crippen molar-refractivity contribution in [2.45, 2.75) is 57.7 Å². The third kappa shape index (κ3) is 2.81. The molecule has 2 unspecified atom stereocenters. The van der Waals surface area contributed by atoms with Crippen molar-refractivity contribution in [3.05, 3.63) is 12.7 Å². The van der Waals surface area contributed by atoms with Gasteiger partial charge < -0.3 is 5.73 Å². The van der Waals surface area contributed by atoms with E-state index in [1.165, 1.54) is 0 Å². The van der Waals surface area contributed by atoms with Crippen LogP contribution < -0.4 is 5.73 Å². The van der Waals surface area contributed by atoms with Gasteiger partial charge in [-0.2, -0.15) is 0 Å². The van der Waals surface area contributed by atoms with Crippen LogP contribution in [0.1, 0.15) is 46.5 Å². The average molecular weight is 199 g/mol. The van der Waals surface area contributed by atoms with E-state index in [1.54, 1.807) is 13.0 Å². The first-order valence-electron chi connectivity index (χ1n) is 5.27. The van der Waals surface area contributed by atoms with E-state index in [2.05, 4.69) is 20.4 Å². The largest absolute Gasteiger partial charge is 0.325 e. The maximum absolute atomic E-state index is 14.1. The van der Waals surface area contributed by atoms with Gasteiger partial charge in [-0.1, -0.05) is 19.9 Å². The minimum Gasteiger partial charge on any atom is -0.325 e. The Morgan fingerprint density at radius 2 is 1.86 bits per heavy atom. The molecule has 1 aliphatic carbocycles. The van der Waals surface area contributed by atoms with Gasteiger partial charge >= 0.3 is 0 Å². The molecule has 0 aliphatic heterocycles. The number of rotatable bonds is 2. The maximum Gasteiger partial charge on any atom is 0.110 e. The van der Waals surface area contributed by atoms with Crippen LogP contribution in [0, 0.1) is 5.41 Å². The zero-order chi connectivity index (χ0) is 11.0. The normalized spacial score (nSPS) is 42.1. The average Bonchev–Trinajstić information content (AvgIpc) is 1.75. The highest BCUT2D eigenvalue weighted by atomic mass is 19.1. The molecule has 0 bridgehead atoms. The van der Waals surface area contributed by atoms with E-state index >= 15 is 0 Å². The summed E-state index contributed by atoms with van der Waals surface area (Å²) in [6.45, 7) is 9.54. The highest BCUT2D eigenvalue weighted by molar-refractivity contribution is 5.05. The molecule has 1 rings (SSSR count). The van der Waals surface area contributed by atoms with E-state index in [4.69, 9.17) is 5.73 Å². The summed E-state index contributed by atoms with van der Waals surface area (Å²) in [5, 5.41) is 0. The predicted octanol–water partition coefficient (Wildman–Crippen LogP) is 3.20. The van der Waals surface area contributed by atoms with Gasteiger partial charge in [0.05, 0.1) is 0 Å². The van der Waals surface area contributed by atoms with Crippen LogP contribution in [0.25, 0.3) is 0 Å². The van der Waals surface area contributed by atoms with Crippen molar-refractivity contribution in [2.24, 2.45) is 11.1 Å². The second-order valence-corrected chi connectivity index (χ2v) is 5.96. The first kappa shape index (κ1) is 11.7. The molecule has 0 heterocycles. The fourth-order valence-corrected chi connectivity index (χ4v) is 3.30. The van der Waals surface area contributed by atoms with Gasteiger partial charge in [0.25, 0.3) is 0 Å². The van der Waals surface area contributed by atoms with Gasteiger partial charge in [-0.25, -0.2) is 4.39 Å². The summed E-state index contributed by atoms with van der Waals surface area (Å²) in [6, 6.07) is 0. The Hall–Kier alpha value is -0.370. The first-order chi connectivity index (χ1) is 6.18. The van der Waals surface area contributed by atoms with Crippen LogP contribution >= 0.6 is 0 Å². The summed E-state index contributed by atoms with van der Waals surface area (Å²) < 4.78 is 14.1. The highest BCUT2D eigenvalue weighted by Crippen LogP contribution is 2.47. The third-order valence-electron chi connectivity index (χ3n) is 2.95. The van der Waals surface area contributed by atoms with Gasteiger partial charge in [0, 0.05) is 5.54 Å². The van der Waals surface area contributed by atoms with E-state index in [9.17, 15) is 4.39 Å². The fourth-order valence-electron chi connectivity index (χ4n) is 3.30. The molecule has 1 nitrogen and oxygen atoms in total. The summed E-state index contributed by atoms with van der Waals surface area (Å²) in [5.74, 6) is 0. The highest BCUT2D eigenvalue weighted by Gasteiger charge is 2.47. The first-order valence-corrected chi connectivity index (χ1v) is 5.27. The standard InChI is InChI=1S/C12H22FN/c1-5-6-12(14)8-10(2,3)7-11(4,13)9-12/h5H,1,6-9,14H2,2-4H3. The lowest BCUT2D eigenvalue weighted by Crippen LogP contribution is -2.53. The predicted molar refractivity (Wildman–Crippen MR) is 58.9 cm³/mol. The van der Waals surface area contributed by atoms with Gasteiger partial charge in [0.15, 0.2) is 0 Å². The molecular weight excluding hydrogens is 177 g/mol. The molecule has 1 saturated carbocycles. The van der Waals surface area contributed by atoms with Crippen molar-refractivity contribution in [3.63, 3.8) is 0 Å². The summed E-state index contributed by atoms with van der Waals surface area (Å²) in [5.41, 5.74) is 4.69. The second kappa shape index (κ2) is 3.34. The summed E-state index contributed by atoms with van der Waals surface area (Å²) in [7, 11) is 0. The number of hydrogen-bond donors (Lipinski definition) is 1. The lowest BCUT2D eigenvalue weighted by Gasteiger charge is -2.48. The minimum atomic E-state index is -1.13. The molecule has 0 saturated heterocycles. The van der Waals surface area contributed by atoms with Crippen molar-refractivity contribution in [2.75, 3.05) is 0 Å². The van der Waals surface area contributed by atoms with Crippen LogP contribution in [0.2, 0.25) is 0 Å². The van der Waals surface area contributed by atoms with Crippen molar-refractivity contribution in [3.8, 4) is 0 Å². The van der Waals surface area contributed by atoms with E-state index in [-0.39, 0.29) is 5.41 Å². The Balaban J connectivity index is 2.85. The number of halogens is 1. The van der Waals surface area contributed by atoms with Crippen LogP contribution in [0.4, 0.5) is 4.39 Å². The van der Waals surface area contributed by atoms with Gasteiger partial charge in [0.2, 0.25) is 0 Å². The Bertz CT molecular complexity index is 214. The molecule has 2 heteroatoms. The monoisotopic (exact) mass is 199 g/mol. The van der Waals surface area contributed by atoms with E-state index < -0.39 is 11.2 Å². The lowest BCUT2D eigenvalue weighted by molar-refractivity contribution is 0.00741. The maximum atomic E-state index is 14.1. The topological polar surface area (TPSA) is 26.0 Å². The summed E-state index contributed by atoms with van der Waals surface area (Å²) in [6.07, 6.45) is 4.45. The van der Waals surface area contributed by atoms with E-state index in [1.807, 2.05) is 0 Å². The number of alkyl halides is 1. The van der Waals surface area contributed by atoms with Crippen LogP contribution in [0.15, 0.2) is 12.7 Å². The zero-order valence-corrected chi connectivity index (χ0v) is 9.57. The van der Waals surface area contributed by atoms with Crippen LogP contribution in [-0.4, -0.2) is 11.2 Å². The van der Waals surface area contributed by atoms with E-state index in [0.29, 0.717) is 19.3 Å². The molecule has 0 amide bonds. The molecule has 0 aromatic carbocycles. The molecule has 0 aromatic heterocycles. The minimum absolute atomic E-state index is 0.000486. The Morgan fingerprint density at radius 1 is 1.29 bits per heavy atom. The van der Waals surface area contributed by atoms with Gasteiger partial charge in [-0.05, 0) is 38.0 Å². The molecule has 2 atom stereocenters. The fraction of sp³-hybridized carbons (Fsp3) is 0.833. The second-order valence-electron chi connectivity index (χ2n) is 5.96. The number of hydrogen-bond acceptors (Lipinski definition) is 1. The quantitative estimate of drug-likeness (QED) is 0.679. The smallest absolute Gasteiger partial charge is 0.110 e. The van der Waals surface area contributed by atoms with Crippen molar-refractivity contribution in [1.29, 1.82) is 0 Å².